The number of hydrogen-bond donors (Lipinski definition) is 1. The van der Waals surface area contributed by atoms with Crippen LogP contribution in [0.25, 0.3) is 0 Å². The number of nitrogens with two attached hydrogens (primary N) is 1. The highest BCUT2D eigenvalue weighted by molar-refractivity contribution is 9.10. The van der Waals surface area contributed by atoms with Crippen LogP contribution in [0.15, 0.2) is 22.7 Å². The molecule has 0 bridgehead atoms. The average molecular weight is 329 g/mol. The van der Waals surface area contributed by atoms with Crippen molar-refractivity contribution in [3.05, 3.63) is 34.1 Å². The molecule has 1 aromatic carbocycles. The molecule has 3 unspecified atom stereocenters. The Morgan fingerprint density at radius 1 is 1.53 bits per heavy atom. The smallest absolute Gasteiger partial charge is 0.137 e. The molecular weight excluding hydrogens is 307 g/mol. The molecule has 0 amide bonds. The molecule has 4 heteroatoms. The van der Waals surface area contributed by atoms with Crippen LogP contribution in [0, 0.1) is 11.7 Å². The van der Waals surface area contributed by atoms with Crippen molar-refractivity contribution in [1.29, 1.82) is 0 Å². The summed E-state index contributed by atoms with van der Waals surface area (Å²) in [6.07, 6.45) is 2.46. The monoisotopic (exact) mass is 328 g/mol. The van der Waals surface area contributed by atoms with Gasteiger partial charge in [0, 0.05) is 18.6 Å². The van der Waals surface area contributed by atoms with Crippen molar-refractivity contribution < 1.29 is 4.39 Å². The lowest BCUT2D eigenvalue weighted by Crippen LogP contribution is -2.49. The van der Waals surface area contributed by atoms with Gasteiger partial charge in [-0.2, -0.15) is 0 Å². The fourth-order valence-corrected chi connectivity index (χ4v) is 3.49. The zero-order chi connectivity index (χ0) is 14.0. The minimum absolute atomic E-state index is 0.210. The summed E-state index contributed by atoms with van der Waals surface area (Å²) in [6.45, 7) is 6.22. The molecule has 1 fully saturated rings. The van der Waals surface area contributed by atoms with Crippen molar-refractivity contribution in [3.63, 3.8) is 0 Å². The summed E-state index contributed by atoms with van der Waals surface area (Å²) in [4.78, 5) is 2.47. The van der Waals surface area contributed by atoms with Gasteiger partial charge in [0.2, 0.25) is 0 Å². The quantitative estimate of drug-likeness (QED) is 0.916. The molecule has 0 radical (unpaired) electrons. The van der Waals surface area contributed by atoms with Gasteiger partial charge in [0.25, 0.3) is 0 Å². The SMILES string of the molecule is CC1CCCN(C(C)c2ccc(F)c(Br)c2)C1CN. The van der Waals surface area contributed by atoms with E-state index in [0.717, 1.165) is 12.1 Å². The van der Waals surface area contributed by atoms with E-state index in [1.54, 1.807) is 0 Å². The predicted molar refractivity (Wildman–Crippen MR) is 80.5 cm³/mol. The molecule has 2 N–H and O–H groups in total. The van der Waals surface area contributed by atoms with Gasteiger partial charge in [-0.15, -0.1) is 0 Å². The van der Waals surface area contributed by atoms with E-state index in [1.807, 2.05) is 12.1 Å². The van der Waals surface area contributed by atoms with Crippen LogP contribution in [-0.2, 0) is 0 Å². The summed E-state index contributed by atoms with van der Waals surface area (Å²) in [5.41, 5.74) is 7.08. The van der Waals surface area contributed by atoms with E-state index >= 15 is 0 Å². The van der Waals surface area contributed by atoms with Crippen LogP contribution in [0.1, 0.15) is 38.3 Å². The molecule has 1 aliphatic rings. The van der Waals surface area contributed by atoms with Crippen LogP contribution in [0.2, 0.25) is 0 Å². The lowest BCUT2D eigenvalue weighted by molar-refractivity contribution is 0.0689. The van der Waals surface area contributed by atoms with Gasteiger partial charge in [-0.25, -0.2) is 4.39 Å². The van der Waals surface area contributed by atoms with Gasteiger partial charge in [-0.05, 0) is 65.9 Å². The zero-order valence-electron chi connectivity index (χ0n) is 11.6. The third kappa shape index (κ3) is 3.18. The Morgan fingerprint density at radius 2 is 2.26 bits per heavy atom. The van der Waals surface area contributed by atoms with Crippen LogP contribution < -0.4 is 5.73 Å². The summed E-state index contributed by atoms with van der Waals surface area (Å²) in [5.74, 6) is 0.420. The van der Waals surface area contributed by atoms with Crippen molar-refractivity contribution in [3.8, 4) is 0 Å². The number of nitrogens with zero attached hydrogens (tertiary/aromatic N) is 1. The molecule has 0 aliphatic carbocycles. The Hall–Kier alpha value is -0.450. The van der Waals surface area contributed by atoms with E-state index in [-0.39, 0.29) is 11.9 Å². The van der Waals surface area contributed by atoms with Crippen molar-refractivity contribution in [2.45, 2.75) is 38.8 Å². The molecular formula is C15H22BrFN2. The molecule has 3 atom stereocenters. The highest BCUT2D eigenvalue weighted by Gasteiger charge is 2.31. The van der Waals surface area contributed by atoms with Crippen molar-refractivity contribution in [2.75, 3.05) is 13.1 Å². The average Bonchev–Trinajstić information content (AvgIpc) is 2.40. The summed E-state index contributed by atoms with van der Waals surface area (Å²) >= 11 is 3.26. The molecule has 1 saturated heterocycles. The maximum Gasteiger partial charge on any atom is 0.137 e. The molecule has 19 heavy (non-hydrogen) atoms. The predicted octanol–water partition coefficient (Wildman–Crippen LogP) is 3.71. The topological polar surface area (TPSA) is 29.3 Å². The summed E-state index contributed by atoms with van der Waals surface area (Å²) < 4.78 is 13.9. The first-order valence-corrected chi connectivity index (χ1v) is 7.74. The second kappa shape index (κ2) is 6.33. The van der Waals surface area contributed by atoms with Gasteiger partial charge in [-0.1, -0.05) is 13.0 Å². The van der Waals surface area contributed by atoms with E-state index in [0.29, 0.717) is 23.0 Å². The van der Waals surface area contributed by atoms with Crippen molar-refractivity contribution >= 4 is 15.9 Å². The van der Waals surface area contributed by atoms with Gasteiger partial charge >= 0.3 is 0 Å². The summed E-state index contributed by atoms with van der Waals surface area (Å²) in [6, 6.07) is 5.98. The normalized spacial score (nSPS) is 26.4. The van der Waals surface area contributed by atoms with Crippen molar-refractivity contribution in [2.24, 2.45) is 11.7 Å². The van der Waals surface area contributed by atoms with E-state index in [1.165, 1.54) is 18.9 Å². The number of halogens is 2. The van der Waals surface area contributed by atoms with Gasteiger partial charge in [0.05, 0.1) is 4.47 Å². The molecule has 1 aliphatic heterocycles. The first-order chi connectivity index (χ1) is 9.04. The standard InChI is InChI=1S/C15H22BrFN2/c1-10-4-3-7-19(15(10)9-18)11(2)12-5-6-14(17)13(16)8-12/h5-6,8,10-11,15H,3-4,7,9,18H2,1-2H3. The molecule has 1 aromatic rings. The number of rotatable bonds is 3. The van der Waals surface area contributed by atoms with Gasteiger partial charge in [0.1, 0.15) is 5.82 Å². The lowest BCUT2D eigenvalue weighted by atomic mass is 9.88. The van der Waals surface area contributed by atoms with Gasteiger partial charge in [0.15, 0.2) is 0 Å². The molecule has 0 spiro atoms. The van der Waals surface area contributed by atoms with E-state index in [4.69, 9.17) is 5.73 Å². The Labute approximate surface area is 123 Å². The van der Waals surface area contributed by atoms with E-state index in [2.05, 4.69) is 34.7 Å². The molecule has 0 saturated carbocycles. The summed E-state index contributed by atoms with van der Waals surface area (Å²) in [7, 11) is 0. The Bertz CT molecular complexity index is 438. The largest absolute Gasteiger partial charge is 0.329 e. The maximum atomic E-state index is 13.3. The molecule has 1 heterocycles. The number of likely N-dealkylation sites (tertiary alicyclic amines) is 1. The molecule has 2 rings (SSSR count). The fourth-order valence-electron chi connectivity index (χ4n) is 3.09. The number of hydrogen-bond acceptors (Lipinski definition) is 2. The van der Waals surface area contributed by atoms with E-state index < -0.39 is 0 Å². The molecule has 0 aromatic heterocycles. The molecule has 106 valence electrons. The van der Waals surface area contributed by atoms with Crippen LogP contribution in [0.5, 0.6) is 0 Å². The van der Waals surface area contributed by atoms with Gasteiger partial charge < -0.3 is 5.73 Å². The molecule has 2 nitrogen and oxygen atoms in total. The van der Waals surface area contributed by atoms with Crippen molar-refractivity contribution in [1.82, 2.24) is 4.90 Å². The van der Waals surface area contributed by atoms with Crippen LogP contribution in [0.4, 0.5) is 4.39 Å². The van der Waals surface area contributed by atoms with Crippen LogP contribution in [0.3, 0.4) is 0 Å². The number of piperidine rings is 1. The summed E-state index contributed by atoms with van der Waals surface area (Å²) in [5, 5.41) is 0. The minimum Gasteiger partial charge on any atom is -0.329 e. The Morgan fingerprint density at radius 3 is 2.89 bits per heavy atom. The number of benzene rings is 1. The Balaban J connectivity index is 2.21. The van der Waals surface area contributed by atoms with Crippen LogP contribution >= 0.6 is 15.9 Å². The van der Waals surface area contributed by atoms with E-state index in [9.17, 15) is 4.39 Å². The zero-order valence-corrected chi connectivity index (χ0v) is 13.2. The third-order valence-corrected chi connectivity index (χ3v) is 4.93. The lowest BCUT2D eigenvalue weighted by Gasteiger charge is -2.43. The van der Waals surface area contributed by atoms with Crippen LogP contribution in [-0.4, -0.2) is 24.0 Å². The second-order valence-electron chi connectivity index (χ2n) is 5.51. The first-order valence-electron chi connectivity index (χ1n) is 6.95. The third-order valence-electron chi connectivity index (χ3n) is 4.32. The first kappa shape index (κ1) is 14.9. The highest BCUT2D eigenvalue weighted by atomic mass is 79.9. The second-order valence-corrected chi connectivity index (χ2v) is 6.36. The minimum atomic E-state index is -0.210. The maximum absolute atomic E-state index is 13.3. The Kier molecular flexibility index (Phi) is 4.98. The van der Waals surface area contributed by atoms with Gasteiger partial charge in [-0.3, -0.25) is 4.90 Å². The highest BCUT2D eigenvalue weighted by Crippen LogP contribution is 2.32. The fraction of sp³-hybridized carbons (Fsp3) is 0.600.